The van der Waals surface area contributed by atoms with E-state index in [4.69, 9.17) is 4.74 Å². The van der Waals surface area contributed by atoms with Crippen LogP contribution in [0.1, 0.15) is 26.7 Å². The lowest BCUT2D eigenvalue weighted by Gasteiger charge is -2.34. The average Bonchev–Trinajstić information content (AvgIpc) is 2.66. The highest BCUT2D eigenvalue weighted by Gasteiger charge is 2.34. The smallest absolute Gasteiger partial charge is 0.309 e. The molecule has 2 rings (SSSR count). The van der Waals surface area contributed by atoms with Gasteiger partial charge in [0, 0.05) is 13.1 Å². The number of sulfonamides is 1. The van der Waals surface area contributed by atoms with Crippen LogP contribution in [0, 0.1) is 5.92 Å². The highest BCUT2D eigenvalue weighted by atomic mass is 32.2. The van der Waals surface area contributed by atoms with Crippen molar-refractivity contribution in [2.45, 2.75) is 37.8 Å². The van der Waals surface area contributed by atoms with Crippen LogP contribution >= 0.6 is 0 Å². The Bertz CT molecular complexity index is 737. The lowest BCUT2D eigenvalue weighted by Crippen LogP contribution is -2.53. The van der Waals surface area contributed by atoms with Gasteiger partial charge in [0.2, 0.25) is 10.0 Å². The number of rotatable bonds is 7. The zero-order valence-electron chi connectivity index (χ0n) is 15.7. The number of hydrogen-bond acceptors (Lipinski definition) is 5. The van der Waals surface area contributed by atoms with Gasteiger partial charge in [-0.05, 0) is 30.9 Å². The molecule has 0 radical (unpaired) electrons. The summed E-state index contributed by atoms with van der Waals surface area (Å²) in [6.45, 7) is 5.05. The van der Waals surface area contributed by atoms with E-state index in [0.29, 0.717) is 32.0 Å². The largest absolute Gasteiger partial charge is 0.360 e. The first kappa shape index (κ1) is 21.3. The molecule has 1 aliphatic heterocycles. The minimum absolute atomic E-state index is 0.0947. The average molecular weight is 397 g/mol. The molecule has 0 unspecified atom stereocenters. The molecular formula is C18H27N3O5S. The van der Waals surface area contributed by atoms with Crippen LogP contribution in [-0.4, -0.2) is 57.0 Å². The maximum absolute atomic E-state index is 12.8. The van der Waals surface area contributed by atoms with Crippen LogP contribution in [0.5, 0.6) is 0 Å². The third kappa shape index (κ3) is 6.02. The van der Waals surface area contributed by atoms with E-state index in [2.05, 4.69) is 10.6 Å². The van der Waals surface area contributed by atoms with Crippen molar-refractivity contribution in [2.24, 2.45) is 5.92 Å². The molecule has 0 spiro atoms. The van der Waals surface area contributed by atoms with Crippen molar-refractivity contribution in [3.63, 3.8) is 0 Å². The highest BCUT2D eigenvalue weighted by molar-refractivity contribution is 7.89. The number of carbonyl (C=O) groups excluding carboxylic acids is 2. The molecule has 1 aromatic rings. The van der Waals surface area contributed by atoms with Crippen LogP contribution in [0.4, 0.5) is 0 Å². The first-order valence-electron chi connectivity index (χ1n) is 9.07. The van der Waals surface area contributed by atoms with Crippen molar-refractivity contribution in [3.8, 4) is 0 Å². The fourth-order valence-corrected chi connectivity index (χ4v) is 4.23. The molecule has 150 valence electrons. The molecule has 0 aromatic heterocycles. The molecule has 2 amide bonds. The van der Waals surface area contributed by atoms with Gasteiger partial charge in [0.25, 0.3) is 0 Å². The Morgan fingerprint density at radius 2 is 1.85 bits per heavy atom. The van der Waals surface area contributed by atoms with Crippen molar-refractivity contribution >= 4 is 21.8 Å². The second kappa shape index (κ2) is 9.82. The lowest BCUT2D eigenvalue weighted by atomic mass is 10.1. The summed E-state index contributed by atoms with van der Waals surface area (Å²) >= 11 is 0. The van der Waals surface area contributed by atoms with E-state index in [1.165, 1.54) is 16.4 Å². The van der Waals surface area contributed by atoms with E-state index in [1.807, 2.05) is 13.8 Å². The minimum Gasteiger partial charge on any atom is -0.360 e. The Morgan fingerprint density at radius 3 is 2.52 bits per heavy atom. The molecule has 1 atom stereocenters. The topological polar surface area (TPSA) is 105 Å². The summed E-state index contributed by atoms with van der Waals surface area (Å²) in [7, 11) is -3.75. The number of ether oxygens (including phenoxy) is 1. The molecule has 0 bridgehead atoms. The fraction of sp³-hybridized carbons (Fsp3) is 0.556. The monoisotopic (exact) mass is 397 g/mol. The van der Waals surface area contributed by atoms with Gasteiger partial charge in [-0.15, -0.1) is 0 Å². The second-order valence-electron chi connectivity index (χ2n) is 6.76. The molecule has 1 aliphatic rings. The summed E-state index contributed by atoms with van der Waals surface area (Å²) in [5.41, 5.74) is 0. The molecule has 1 heterocycles. The predicted octanol–water partition coefficient (Wildman–Crippen LogP) is 0.702. The molecule has 0 saturated carbocycles. The number of nitrogens with one attached hydrogen (secondary N) is 2. The Hall–Kier alpha value is -1.97. The summed E-state index contributed by atoms with van der Waals surface area (Å²) in [5.74, 6) is -1.12. The van der Waals surface area contributed by atoms with Crippen molar-refractivity contribution < 1.29 is 22.7 Å². The number of hydrogen-bond donors (Lipinski definition) is 2. The second-order valence-corrected chi connectivity index (χ2v) is 8.65. The van der Waals surface area contributed by atoms with E-state index in [0.717, 1.165) is 6.42 Å². The van der Waals surface area contributed by atoms with Gasteiger partial charge in [-0.25, -0.2) is 8.42 Å². The van der Waals surface area contributed by atoms with Crippen LogP contribution < -0.4 is 10.6 Å². The Labute approximate surface area is 160 Å². The minimum atomic E-state index is -3.75. The molecule has 1 saturated heterocycles. The first-order chi connectivity index (χ1) is 12.8. The van der Waals surface area contributed by atoms with Gasteiger partial charge >= 0.3 is 11.8 Å². The standard InChI is InChI=1S/C18H27N3O5S/c1-14(2)9-10-19-17(22)18(23)20-13-16-21(11-6-12-26-16)27(24,25)15-7-4-3-5-8-15/h3-5,7-8,14,16H,6,9-13H2,1-2H3,(H,19,22)(H,20,23)/t16-/m0/s1. The van der Waals surface area contributed by atoms with Gasteiger partial charge in [0.1, 0.15) is 6.23 Å². The highest BCUT2D eigenvalue weighted by Crippen LogP contribution is 2.21. The molecule has 0 aliphatic carbocycles. The van der Waals surface area contributed by atoms with E-state index in [9.17, 15) is 18.0 Å². The van der Waals surface area contributed by atoms with Crippen LogP contribution in [0.3, 0.4) is 0 Å². The van der Waals surface area contributed by atoms with Gasteiger partial charge in [0.05, 0.1) is 18.0 Å². The van der Waals surface area contributed by atoms with E-state index >= 15 is 0 Å². The Balaban J connectivity index is 1.96. The van der Waals surface area contributed by atoms with Crippen LogP contribution in [0.2, 0.25) is 0 Å². The molecule has 8 nitrogen and oxygen atoms in total. The summed E-state index contributed by atoms with van der Waals surface area (Å²) in [6, 6.07) is 8.07. The number of carbonyl (C=O) groups is 2. The first-order valence-corrected chi connectivity index (χ1v) is 10.5. The maximum Gasteiger partial charge on any atom is 0.309 e. The quantitative estimate of drug-likeness (QED) is 0.659. The Morgan fingerprint density at radius 1 is 1.19 bits per heavy atom. The third-order valence-corrected chi connectivity index (χ3v) is 6.06. The molecule has 1 fully saturated rings. The predicted molar refractivity (Wildman–Crippen MR) is 100 cm³/mol. The van der Waals surface area contributed by atoms with E-state index in [1.54, 1.807) is 18.2 Å². The Kier molecular flexibility index (Phi) is 7.76. The van der Waals surface area contributed by atoms with Gasteiger partial charge in [0.15, 0.2) is 0 Å². The maximum atomic E-state index is 12.8. The summed E-state index contributed by atoms with van der Waals surface area (Å²) in [6.07, 6.45) is 0.483. The zero-order valence-corrected chi connectivity index (χ0v) is 16.5. The third-order valence-electron chi connectivity index (χ3n) is 4.15. The van der Waals surface area contributed by atoms with Crippen molar-refractivity contribution in [3.05, 3.63) is 30.3 Å². The summed E-state index contributed by atoms with van der Waals surface area (Å²) < 4.78 is 32.4. The lowest BCUT2D eigenvalue weighted by molar-refractivity contribution is -0.140. The van der Waals surface area contributed by atoms with Crippen LogP contribution in [0.25, 0.3) is 0 Å². The number of nitrogens with zero attached hydrogens (tertiary/aromatic N) is 1. The molecule has 1 aromatic carbocycles. The summed E-state index contributed by atoms with van der Waals surface area (Å²) in [5, 5.41) is 5.01. The van der Waals surface area contributed by atoms with E-state index < -0.39 is 28.1 Å². The number of amides is 2. The fourth-order valence-electron chi connectivity index (χ4n) is 2.65. The van der Waals surface area contributed by atoms with Crippen molar-refractivity contribution in [2.75, 3.05) is 26.2 Å². The molecular weight excluding hydrogens is 370 g/mol. The molecule has 2 N–H and O–H groups in total. The van der Waals surface area contributed by atoms with Gasteiger partial charge in [-0.1, -0.05) is 32.0 Å². The summed E-state index contributed by atoms with van der Waals surface area (Å²) in [4.78, 5) is 23.9. The van der Waals surface area contributed by atoms with Crippen LogP contribution in [-0.2, 0) is 24.3 Å². The van der Waals surface area contributed by atoms with Crippen molar-refractivity contribution in [1.82, 2.24) is 14.9 Å². The van der Waals surface area contributed by atoms with Gasteiger partial charge < -0.3 is 15.4 Å². The van der Waals surface area contributed by atoms with Gasteiger partial charge in [-0.2, -0.15) is 4.31 Å². The van der Waals surface area contributed by atoms with Gasteiger partial charge in [-0.3, -0.25) is 9.59 Å². The SMILES string of the molecule is CC(C)CCNC(=O)C(=O)NC[C@@H]1OCCCN1S(=O)(=O)c1ccccc1. The normalized spacial score (nSPS) is 18.3. The molecule has 9 heteroatoms. The molecule has 27 heavy (non-hydrogen) atoms. The number of benzene rings is 1. The van der Waals surface area contributed by atoms with Crippen LogP contribution in [0.15, 0.2) is 35.2 Å². The zero-order chi connectivity index (χ0) is 19.9. The van der Waals surface area contributed by atoms with Crippen molar-refractivity contribution in [1.29, 1.82) is 0 Å². The van der Waals surface area contributed by atoms with E-state index in [-0.39, 0.29) is 11.4 Å².